The van der Waals surface area contributed by atoms with E-state index in [9.17, 15) is 18.0 Å². The number of carbonyl (C=O) groups excluding carboxylic acids is 1. The van der Waals surface area contributed by atoms with E-state index in [1.54, 1.807) is 16.8 Å². The Kier molecular flexibility index (Phi) is 6.31. The zero-order valence-corrected chi connectivity index (χ0v) is 14.0. The van der Waals surface area contributed by atoms with Gasteiger partial charge in [-0.2, -0.15) is 13.2 Å². The predicted octanol–water partition coefficient (Wildman–Crippen LogP) is 4.64. The van der Waals surface area contributed by atoms with Crippen LogP contribution in [0.2, 0.25) is 0 Å². The third-order valence-electron chi connectivity index (χ3n) is 3.03. The highest BCUT2D eigenvalue weighted by Crippen LogP contribution is 2.23. The Morgan fingerprint density at radius 1 is 1.43 bits per heavy atom. The number of unbranched alkanes of at least 4 members (excludes halogenated alkanes) is 1. The minimum atomic E-state index is -4.39. The second kappa shape index (κ2) is 7.33. The van der Waals surface area contributed by atoms with Gasteiger partial charge in [0.25, 0.3) is 5.91 Å². The molecule has 120 valence electrons. The van der Waals surface area contributed by atoms with Gasteiger partial charge in [0, 0.05) is 23.3 Å². The topological polar surface area (TPSA) is 25.2 Å². The highest BCUT2D eigenvalue weighted by atomic mass is 79.9. The fraction of sp³-hybridized carbons (Fsp3) is 0.643. The number of carbonyl (C=O) groups is 1. The van der Waals surface area contributed by atoms with E-state index in [0.717, 1.165) is 11.3 Å². The molecule has 0 aromatic carbocycles. The summed E-state index contributed by atoms with van der Waals surface area (Å²) in [4.78, 5) is 13.3. The van der Waals surface area contributed by atoms with Crippen molar-refractivity contribution in [1.82, 2.24) is 9.47 Å². The molecule has 0 radical (unpaired) electrons. The molecular weight excluding hydrogens is 349 g/mol. The van der Waals surface area contributed by atoms with E-state index in [-0.39, 0.29) is 18.3 Å². The predicted molar refractivity (Wildman–Crippen MR) is 79.4 cm³/mol. The van der Waals surface area contributed by atoms with Crippen molar-refractivity contribution in [3.8, 4) is 0 Å². The van der Waals surface area contributed by atoms with Gasteiger partial charge in [-0.3, -0.25) is 4.79 Å². The summed E-state index contributed by atoms with van der Waals surface area (Å²) in [5.41, 5.74) is 0.275. The number of rotatable bonds is 6. The monoisotopic (exact) mass is 368 g/mol. The van der Waals surface area contributed by atoms with Gasteiger partial charge in [0.1, 0.15) is 12.2 Å². The smallest absolute Gasteiger partial charge is 0.340 e. The van der Waals surface area contributed by atoms with Gasteiger partial charge in [-0.05, 0) is 42.3 Å². The van der Waals surface area contributed by atoms with E-state index in [1.165, 1.54) is 0 Å². The van der Waals surface area contributed by atoms with Gasteiger partial charge < -0.3 is 9.47 Å². The van der Waals surface area contributed by atoms with Crippen LogP contribution >= 0.6 is 15.9 Å². The van der Waals surface area contributed by atoms with Crippen molar-refractivity contribution in [1.29, 1.82) is 0 Å². The van der Waals surface area contributed by atoms with Crippen molar-refractivity contribution in [2.24, 2.45) is 0 Å². The molecule has 1 heterocycles. The lowest BCUT2D eigenvalue weighted by Gasteiger charge is -2.25. The average Bonchev–Trinajstić information content (AvgIpc) is 2.74. The highest BCUT2D eigenvalue weighted by molar-refractivity contribution is 9.10. The number of halogens is 4. The van der Waals surface area contributed by atoms with Crippen molar-refractivity contribution in [3.63, 3.8) is 0 Å². The van der Waals surface area contributed by atoms with E-state index in [1.807, 2.05) is 20.8 Å². The van der Waals surface area contributed by atoms with Crippen LogP contribution in [0.3, 0.4) is 0 Å². The summed E-state index contributed by atoms with van der Waals surface area (Å²) in [5, 5.41) is 0. The molecule has 0 aliphatic heterocycles. The van der Waals surface area contributed by atoms with Gasteiger partial charge in [-0.25, -0.2) is 0 Å². The zero-order valence-electron chi connectivity index (χ0n) is 12.4. The van der Waals surface area contributed by atoms with E-state index >= 15 is 0 Å². The molecule has 0 spiro atoms. The molecule has 0 saturated heterocycles. The molecule has 0 unspecified atom stereocenters. The molecule has 0 aliphatic rings. The van der Waals surface area contributed by atoms with Crippen LogP contribution in [0.5, 0.6) is 0 Å². The van der Waals surface area contributed by atoms with Crippen molar-refractivity contribution in [2.45, 2.75) is 45.8 Å². The minimum Gasteiger partial charge on any atom is -0.340 e. The minimum absolute atomic E-state index is 0.00541. The van der Waals surface area contributed by atoms with Crippen LogP contribution in [0, 0.1) is 0 Å². The van der Waals surface area contributed by atoms with E-state index in [4.69, 9.17) is 0 Å². The number of alkyl halides is 3. The summed E-state index contributed by atoms with van der Waals surface area (Å²) in [6, 6.07) is 1.56. The normalized spacial score (nSPS) is 12.0. The lowest BCUT2D eigenvalue weighted by atomic mass is 10.2. The molecule has 0 N–H and O–H groups in total. The van der Waals surface area contributed by atoms with Crippen LogP contribution < -0.4 is 0 Å². The van der Waals surface area contributed by atoms with Gasteiger partial charge in [-0.1, -0.05) is 13.3 Å². The Hall–Kier alpha value is -0.980. The number of hydrogen-bond donors (Lipinski definition) is 0. The molecule has 7 heteroatoms. The average molecular weight is 369 g/mol. The molecule has 3 nitrogen and oxygen atoms in total. The van der Waals surface area contributed by atoms with Crippen LogP contribution in [-0.2, 0) is 0 Å². The maximum Gasteiger partial charge on any atom is 0.406 e. The standard InChI is InChI=1S/C14H20BrF3N2O/c1-4-5-6-19(9-14(16,17)18)13(21)12-7-11(15)8-20(12)10(2)3/h7-8,10H,4-6,9H2,1-3H3. The molecule has 1 amide bonds. The van der Waals surface area contributed by atoms with Crippen molar-refractivity contribution in [2.75, 3.05) is 13.1 Å². The van der Waals surface area contributed by atoms with Crippen molar-refractivity contribution >= 4 is 21.8 Å². The summed E-state index contributed by atoms with van der Waals surface area (Å²) < 4.78 is 40.4. The Morgan fingerprint density at radius 2 is 2.05 bits per heavy atom. The summed E-state index contributed by atoms with van der Waals surface area (Å²) in [6.45, 7) is 4.53. The van der Waals surface area contributed by atoms with Crippen LogP contribution in [0.25, 0.3) is 0 Å². The Labute approximate surface area is 131 Å². The molecular formula is C14H20BrF3N2O. The third-order valence-corrected chi connectivity index (χ3v) is 3.46. The summed E-state index contributed by atoms with van der Waals surface area (Å²) >= 11 is 3.27. The lowest BCUT2D eigenvalue weighted by molar-refractivity contribution is -0.140. The van der Waals surface area contributed by atoms with Gasteiger partial charge in [-0.15, -0.1) is 0 Å². The van der Waals surface area contributed by atoms with Gasteiger partial charge in [0.2, 0.25) is 0 Å². The Balaban J connectivity index is 3.04. The molecule has 0 fully saturated rings. The molecule has 1 aromatic rings. The quantitative estimate of drug-likeness (QED) is 0.718. The Morgan fingerprint density at radius 3 is 2.52 bits per heavy atom. The maximum absolute atomic E-state index is 12.7. The lowest BCUT2D eigenvalue weighted by Crippen LogP contribution is -2.40. The first-order chi connectivity index (χ1) is 9.65. The molecule has 21 heavy (non-hydrogen) atoms. The number of amides is 1. The van der Waals surface area contributed by atoms with Crippen LogP contribution in [0.4, 0.5) is 13.2 Å². The van der Waals surface area contributed by atoms with E-state index in [2.05, 4.69) is 15.9 Å². The van der Waals surface area contributed by atoms with Crippen molar-refractivity contribution < 1.29 is 18.0 Å². The SMILES string of the molecule is CCCCN(CC(F)(F)F)C(=O)c1cc(Br)cn1C(C)C. The summed E-state index contributed by atoms with van der Waals surface area (Å²) in [6.07, 6.45) is -1.40. The zero-order chi connectivity index (χ0) is 16.2. The number of hydrogen-bond acceptors (Lipinski definition) is 1. The maximum atomic E-state index is 12.7. The molecule has 0 atom stereocenters. The first-order valence-electron chi connectivity index (χ1n) is 6.89. The van der Waals surface area contributed by atoms with Gasteiger partial charge in [0.15, 0.2) is 0 Å². The van der Waals surface area contributed by atoms with Gasteiger partial charge >= 0.3 is 6.18 Å². The van der Waals surface area contributed by atoms with E-state index < -0.39 is 18.6 Å². The van der Waals surface area contributed by atoms with Crippen LogP contribution in [0.1, 0.15) is 50.1 Å². The molecule has 1 rings (SSSR count). The third kappa shape index (κ3) is 5.37. The molecule has 1 aromatic heterocycles. The number of aromatic nitrogens is 1. The van der Waals surface area contributed by atoms with E-state index in [0.29, 0.717) is 10.9 Å². The number of nitrogens with zero attached hydrogens (tertiary/aromatic N) is 2. The second-order valence-electron chi connectivity index (χ2n) is 5.24. The molecule has 0 aliphatic carbocycles. The largest absolute Gasteiger partial charge is 0.406 e. The highest BCUT2D eigenvalue weighted by Gasteiger charge is 2.34. The van der Waals surface area contributed by atoms with Crippen molar-refractivity contribution in [3.05, 3.63) is 22.4 Å². The molecule has 0 bridgehead atoms. The Bertz CT molecular complexity index is 483. The summed E-state index contributed by atoms with van der Waals surface area (Å²) in [7, 11) is 0. The fourth-order valence-corrected chi connectivity index (χ4v) is 2.46. The fourth-order valence-electron chi connectivity index (χ4n) is 2.02. The van der Waals surface area contributed by atoms with Crippen LogP contribution in [-0.4, -0.2) is 34.6 Å². The molecule has 0 saturated carbocycles. The first kappa shape index (κ1) is 18.1. The summed E-state index contributed by atoms with van der Waals surface area (Å²) in [5.74, 6) is -0.583. The van der Waals surface area contributed by atoms with Gasteiger partial charge in [0.05, 0.1) is 0 Å². The van der Waals surface area contributed by atoms with Crippen LogP contribution in [0.15, 0.2) is 16.7 Å². The second-order valence-corrected chi connectivity index (χ2v) is 6.16. The first-order valence-corrected chi connectivity index (χ1v) is 7.68.